The predicted octanol–water partition coefficient (Wildman–Crippen LogP) is 4.26. The maximum Gasteiger partial charge on any atom is 0.0400 e. The number of rotatable bonds is 7. The molecule has 0 bridgehead atoms. The van der Waals surface area contributed by atoms with Crippen LogP contribution in [0, 0.1) is 0 Å². The molecular weight excluding hydrogens is 244 g/mol. The van der Waals surface area contributed by atoms with E-state index in [4.69, 9.17) is 5.73 Å². The SMILES string of the molecule is C=CCC[C@@H](N)c1ccc(NCc2ccccc2)cc1. The van der Waals surface area contributed by atoms with E-state index in [1.165, 1.54) is 11.1 Å². The number of benzene rings is 2. The molecule has 0 aliphatic rings. The number of hydrogen-bond acceptors (Lipinski definition) is 2. The fraction of sp³-hybridized carbons (Fsp3) is 0.222. The van der Waals surface area contributed by atoms with Crippen molar-refractivity contribution in [3.8, 4) is 0 Å². The monoisotopic (exact) mass is 266 g/mol. The molecule has 0 amide bonds. The molecule has 2 heteroatoms. The van der Waals surface area contributed by atoms with Gasteiger partial charge in [0.15, 0.2) is 0 Å². The summed E-state index contributed by atoms with van der Waals surface area (Å²) in [6.07, 6.45) is 3.81. The fourth-order valence-corrected chi connectivity index (χ4v) is 2.11. The molecule has 0 unspecified atom stereocenters. The van der Waals surface area contributed by atoms with Crippen molar-refractivity contribution in [2.45, 2.75) is 25.4 Å². The normalized spacial score (nSPS) is 11.8. The summed E-state index contributed by atoms with van der Waals surface area (Å²) in [5, 5.41) is 3.41. The summed E-state index contributed by atoms with van der Waals surface area (Å²) in [6, 6.07) is 18.8. The summed E-state index contributed by atoms with van der Waals surface area (Å²) in [6.45, 7) is 4.56. The Labute approximate surface area is 121 Å². The lowest BCUT2D eigenvalue weighted by molar-refractivity contribution is 0.661. The topological polar surface area (TPSA) is 38.0 Å². The maximum absolute atomic E-state index is 6.13. The highest BCUT2D eigenvalue weighted by molar-refractivity contribution is 5.45. The van der Waals surface area contributed by atoms with Crippen LogP contribution in [0.25, 0.3) is 0 Å². The van der Waals surface area contributed by atoms with E-state index in [1.807, 2.05) is 12.1 Å². The van der Waals surface area contributed by atoms with Gasteiger partial charge in [-0.2, -0.15) is 0 Å². The Morgan fingerprint density at radius 3 is 2.40 bits per heavy atom. The van der Waals surface area contributed by atoms with Gasteiger partial charge in [-0.05, 0) is 36.1 Å². The lowest BCUT2D eigenvalue weighted by Gasteiger charge is -2.12. The summed E-state index contributed by atoms with van der Waals surface area (Å²) in [5.74, 6) is 0. The molecule has 2 aromatic carbocycles. The van der Waals surface area contributed by atoms with Gasteiger partial charge in [-0.15, -0.1) is 6.58 Å². The van der Waals surface area contributed by atoms with Gasteiger partial charge >= 0.3 is 0 Å². The van der Waals surface area contributed by atoms with Gasteiger partial charge < -0.3 is 11.1 Å². The number of nitrogens with one attached hydrogen (secondary N) is 1. The van der Waals surface area contributed by atoms with E-state index in [9.17, 15) is 0 Å². The van der Waals surface area contributed by atoms with E-state index in [-0.39, 0.29) is 6.04 Å². The van der Waals surface area contributed by atoms with Crippen molar-refractivity contribution in [2.75, 3.05) is 5.32 Å². The Hall–Kier alpha value is -2.06. The quantitative estimate of drug-likeness (QED) is 0.735. The molecule has 0 radical (unpaired) electrons. The van der Waals surface area contributed by atoms with Crippen LogP contribution in [0.15, 0.2) is 67.3 Å². The van der Waals surface area contributed by atoms with E-state index >= 15 is 0 Å². The molecule has 3 N–H and O–H groups in total. The van der Waals surface area contributed by atoms with Gasteiger partial charge in [0.1, 0.15) is 0 Å². The maximum atomic E-state index is 6.13. The number of nitrogens with two attached hydrogens (primary N) is 1. The average molecular weight is 266 g/mol. The van der Waals surface area contributed by atoms with E-state index in [2.05, 4.69) is 60.4 Å². The zero-order chi connectivity index (χ0) is 14.2. The molecule has 0 aliphatic heterocycles. The molecule has 0 saturated carbocycles. The highest BCUT2D eigenvalue weighted by Crippen LogP contribution is 2.19. The third-order valence-corrected chi connectivity index (χ3v) is 3.36. The summed E-state index contributed by atoms with van der Waals surface area (Å²) < 4.78 is 0. The second-order valence-electron chi connectivity index (χ2n) is 4.93. The molecule has 0 aliphatic carbocycles. The first-order chi connectivity index (χ1) is 9.79. The highest BCUT2D eigenvalue weighted by Gasteiger charge is 2.04. The van der Waals surface area contributed by atoms with Gasteiger partial charge in [0, 0.05) is 18.3 Å². The van der Waals surface area contributed by atoms with Crippen molar-refractivity contribution >= 4 is 5.69 Å². The zero-order valence-electron chi connectivity index (χ0n) is 11.8. The minimum atomic E-state index is 0.0937. The van der Waals surface area contributed by atoms with Gasteiger partial charge in [-0.1, -0.05) is 48.5 Å². The van der Waals surface area contributed by atoms with E-state index < -0.39 is 0 Å². The van der Waals surface area contributed by atoms with Crippen molar-refractivity contribution in [3.05, 3.63) is 78.4 Å². The summed E-state index contributed by atoms with van der Waals surface area (Å²) in [7, 11) is 0. The molecule has 1 atom stereocenters. The van der Waals surface area contributed by atoms with Crippen LogP contribution in [-0.2, 0) is 6.54 Å². The van der Waals surface area contributed by atoms with Crippen LogP contribution in [0.1, 0.15) is 30.0 Å². The standard InChI is InChI=1S/C18H22N2/c1-2-3-9-18(19)16-10-12-17(13-11-16)20-14-15-7-5-4-6-8-15/h2,4-8,10-13,18,20H,1,3,9,14,19H2/t18-/m1/s1. The van der Waals surface area contributed by atoms with Crippen LogP contribution in [0.3, 0.4) is 0 Å². The molecular formula is C18H22N2. The van der Waals surface area contributed by atoms with Gasteiger partial charge in [-0.25, -0.2) is 0 Å². The van der Waals surface area contributed by atoms with Gasteiger partial charge in [0.2, 0.25) is 0 Å². The van der Waals surface area contributed by atoms with Gasteiger partial charge in [0.05, 0.1) is 0 Å². The third-order valence-electron chi connectivity index (χ3n) is 3.36. The molecule has 20 heavy (non-hydrogen) atoms. The van der Waals surface area contributed by atoms with Crippen molar-refractivity contribution in [3.63, 3.8) is 0 Å². The minimum Gasteiger partial charge on any atom is -0.381 e. The zero-order valence-corrected chi connectivity index (χ0v) is 11.8. The molecule has 0 spiro atoms. The predicted molar refractivity (Wildman–Crippen MR) is 86.6 cm³/mol. The summed E-state index contributed by atoms with van der Waals surface area (Å²) >= 11 is 0. The average Bonchev–Trinajstić information content (AvgIpc) is 2.52. The Balaban J connectivity index is 1.89. The number of anilines is 1. The molecule has 0 heterocycles. The highest BCUT2D eigenvalue weighted by atomic mass is 14.9. The van der Waals surface area contributed by atoms with Gasteiger partial charge in [-0.3, -0.25) is 0 Å². The van der Waals surface area contributed by atoms with Crippen LogP contribution < -0.4 is 11.1 Å². The summed E-state index contributed by atoms with van der Waals surface area (Å²) in [5.41, 5.74) is 9.70. The fourth-order valence-electron chi connectivity index (χ4n) is 2.11. The molecule has 0 aromatic heterocycles. The van der Waals surface area contributed by atoms with E-state index in [0.717, 1.165) is 25.1 Å². The summed E-state index contributed by atoms with van der Waals surface area (Å²) in [4.78, 5) is 0. The van der Waals surface area contributed by atoms with Crippen LogP contribution in [0.2, 0.25) is 0 Å². The minimum absolute atomic E-state index is 0.0937. The molecule has 0 saturated heterocycles. The first-order valence-electron chi connectivity index (χ1n) is 7.04. The largest absolute Gasteiger partial charge is 0.381 e. The number of hydrogen-bond donors (Lipinski definition) is 2. The smallest absolute Gasteiger partial charge is 0.0400 e. The van der Waals surface area contributed by atoms with E-state index in [1.54, 1.807) is 0 Å². The lowest BCUT2D eigenvalue weighted by atomic mass is 10.0. The lowest BCUT2D eigenvalue weighted by Crippen LogP contribution is -2.09. The van der Waals surface area contributed by atoms with Crippen LogP contribution in [0.5, 0.6) is 0 Å². The molecule has 2 aromatic rings. The van der Waals surface area contributed by atoms with E-state index in [0.29, 0.717) is 0 Å². The third kappa shape index (κ3) is 4.25. The van der Waals surface area contributed by atoms with Crippen molar-refractivity contribution in [1.29, 1.82) is 0 Å². The van der Waals surface area contributed by atoms with Crippen molar-refractivity contribution in [1.82, 2.24) is 0 Å². The molecule has 0 fully saturated rings. The molecule has 104 valence electrons. The number of allylic oxidation sites excluding steroid dienone is 1. The second-order valence-corrected chi connectivity index (χ2v) is 4.93. The van der Waals surface area contributed by atoms with Gasteiger partial charge in [0.25, 0.3) is 0 Å². The Bertz CT molecular complexity index is 517. The first kappa shape index (κ1) is 14.4. The Kier molecular flexibility index (Phi) is 5.39. The first-order valence-corrected chi connectivity index (χ1v) is 7.04. The Morgan fingerprint density at radius 2 is 1.75 bits per heavy atom. The Morgan fingerprint density at radius 1 is 1.05 bits per heavy atom. The van der Waals surface area contributed by atoms with Crippen molar-refractivity contribution in [2.24, 2.45) is 5.73 Å². The van der Waals surface area contributed by atoms with Crippen LogP contribution in [0.4, 0.5) is 5.69 Å². The molecule has 2 nitrogen and oxygen atoms in total. The van der Waals surface area contributed by atoms with Crippen LogP contribution in [-0.4, -0.2) is 0 Å². The second kappa shape index (κ2) is 7.51. The van der Waals surface area contributed by atoms with Crippen LogP contribution >= 0.6 is 0 Å². The van der Waals surface area contributed by atoms with Crippen molar-refractivity contribution < 1.29 is 0 Å². The molecule has 2 rings (SSSR count).